The molecule has 2 heterocycles. The first-order valence-corrected chi connectivity index (χ1v) is 19.9. The summed E-state index contributed by atoms with van der Waals surface area (Å²) in [5.41, 5.74) is 11.3. The first kappa shape index (κ1) is 30.4. The van der Waals surface area contributed by atoms with E-state index < -0.39 is 0 Å². The van der Waals surface area contributed by atoms with Crippen molar-refractivity contribution in [3.63, 3.8) is 0 Å². The number of furan rings is 1. The maximum absolute atomic E-state index is 5.70. The van der Waals surface area contributed by atoms with Crippen LogP contribution < -0.4 is 0 Å². The molecule has 11 aromatic rings. The van der Waals surface area contributed by atoms with E-state index in [1.54, 1.807) is 0 Å². The quantitative estimate of drug-likeness (QED) is 0.129. The average molecular weight is 740 g/mol. The van der Waals surface area contributed by atoms with Crippen LogP contribution in [0.2, 0.25) is 0 Å². The van der Waals surface area contributed by atoms with Crippen LogP contribution in [0.3, 0.4) is 0 Å². The van der Waals surface area contributed by atoms with Gasteiger partial charge in [0.1, 0.15) is 0 Å². The minimum absolute atomic E-state index is 0.208. The topological polar surface area (TPSA) is 13.1 Å². The molecule has 1 nitrogen and oxygen atoms in total. The molecule has 0 N–H and O–H groups in total. The number of hydrogen-bond acceptors (Lipinski definition) is 1. The van der Waals surface area contributed by atoms with Gasteiger partial charge in [0.25, 0.3) is 0 Å². The molecule has 0 amide bonds. The SMILES string of the molecule is Cc1cocc1-c1c2ccccc2c(-c2ccc3c(c2)[se]c2ccc(-c4c5ccccc5c(-c5ccccc5)c5ccccc45)cc23)c2ccccc12. The van der Waals surface area contributed by atoms with Crippen LogP contribution in [0.25, 0.3) is 107 Å². The van der Waals surface area contributed by atoms with Gasteiger partial charge in [-0.25, -0.2) is 0 Å². The minimum atomic E-state index is 0.208. The Balaban J connectivity index is 1.13. The van der Waals surface area contributed by atoms with Gasteiger partial charge in [-0.15, -0.1) is 0 Å². The molecule has 0 saturated carbocycles. The monoisotopic (exact) mass is 740 g/mol. The molecule has 0 saturated heterocycles. The van der Waals surface area contributed by atoms with E-state index >= 15 is 0 Å². The van der Waals surface area contributed by atoms with Crippen molar-refractivity contribution in [1.29, 1.82) is 0 Å². The van der Waals surface area contributed by atoms with Gasteiger partial charge in [0.05, 0.1) is 0 Å². The molecule has 0 aliphatic carbocycles. The van der Waals surface area contributed by atoms with Crippen LogP contribution in [0.1, 0.15) is 5.56 Å². The summed E-state index contributed by atoms with van der Waals surface area (Å²) in [5, 5.41) is 12.9. The van der Waals surface area contributed by atoms with Gasteiger partial charge in [-0.2, -0.15) is 0 Å². The van der Waals surface area contributed by atoms with E-state index in [-0.39, 0.29) is 14.5 Å². The molecule has 11 rings (SSSR count). The van der Waals surface area contributed by atoms with Crippen molar-refractivity contribution in [3.05, 3.63) is 182 Å². The van der Waals surface area contributed by atoms with Gasteiger partial charge in [0, 0.05) is 0 Å². The molecule has 53 heavy (non-hydrogen) atoms. The molecule has 0 radical (unpaired) electrons. The number of benzene rings is 9. The standard InChI is InChI=1S/C51H32OSe/c1-31-29-52-30-45(31)51-42-21-11-9-19-40(42)50(41-20-10-12-22-43(41)51)34-23-25-35-44-27-33(24-26-46(44)53-47(35)28-34)49-38-17-7-5-15-36(38)48(32-13-3-2-4-14-32)37-16-6-8-18-39(37)49/h2-30H,1H3. The van der Waals surface area contributed by atoms with Crippen molar-refractivity contribution in [2.24, 2.45) is 0 Å². The average Bonchev–Trinajstić information content (AvgIpc) is 3.81. The summed E-state index contributed by atoms with van der Waals surface area (Å²) in [5.74, 6) is 0. The maximum atomic E-state index is 5.70. The molecule has 0 unspecified atom stereocenters. The molecule has 248 valence electrons. The van der Waals surface area contributed by atoms with Crippen LogP contribution in [0.15, 0.2) is 181 Å². The van der Waals surface area contributed by atoms with Crippen molar-refractivity contribution >= 4 is 76.9 Å². The molecular weight excluding hydrogens is 708 g/mol. The summed E-state index contributed by atoms with van der Waals surface area (Å²) < 4.78 is 8.59. The molecule has 0 fully saturated rings. The van der Waals surface area contributed by atoms with Crippen LogP contribution in [-0.2, 0) is 0 Å². The van der Waals surface area contributed by atoms with Gasteiger partial charge in [-0.1, -0.05) is 0 Å². The summed E-state index contributed by atoms with van der Waals surface area (Å²) in [7, 11) is 0. The molecule has 0 aliphatic rings. The summed E-state index contributed by atoms with van der Waals surface area (Å²) >= 11 is 0.208. The molecule has 0 spiro atoms. The van der Waals surface area contributed by atoms with E-state index in [9.17, 15) is 0 Å². The summed E-state index contributed by atoms with van der Waals surface area (Å²) in [6.45, 7) is 2.13. The van der Waals surface area contributed by atoms with Gasteiger partial charge in [-0.3, -0.25) is 0 Å². The predicted molar refractivity (Wildman–Crippen MR) is 227 cm³/mol. The van der Waals surface area contributed by atoms with E-state index in [0.29, 0.717) is 0 Å². The fraction of sp³-hybridized carbons (Fsp3) is 0.0196. The summed E-state index contributed by atoms with van der Waals surface area (Å²) in [4.78, 5) is 0. The fourth-order valence-electron chi connectivity index (χ4n) is 8.79. The summed E-state index contributed by atoms with van der Waals surface area (Å²) in [6.07, 6.45) is 3.75. The Bertz CT molecular complexity index is 3120. The molecular formula is C51H32OSe. The second-order valence-electron chi connectivity index (χ2n) is 14.0. The zero-order valence-corrected chi connectivity index (χ0v) is 30.8. The number of aryl methyl sites for hydroxylation is 1. The third kappa shape index (κ3) is 4.63. The molecule has 0 atom stereocenters. The van der Waals surface area contributed by atoms with E-state index in [4.69, 9.17) is 4.42 Å². The van der Waals surface area contributed by atoms with Gasteiger partial charge in [-0.05, 0) is 0 Å². The van der Waals surface area contributed by atoms with E-state index in [0.717, 1.165) is 11.1 Å². The van der Waals surface area contributed by atoms with Crippen LogP contribution in [0.5, 0.6) is 0 Å². The Hall–Kier alpha value is -6.18. The van der Waals surface area contributed by atoms with Gasteiger partial charge in [0.15, 0.2) is 0 Å². The van der Waals surface area contributed by atoms with Gasteiger partial charge >= 0.3 is 315 Å². The molecule has 9 aromatic carbocycles. The van der Waals surface area contributed by atoms with Crippen molar-refractivity contribution in [1.82, 2.24) is 0 Å². The van der Waals surface area contributed by atoms with Crippen LogP contribution in [-0.4, -0.2) is 14.5 Å². The van der Waals surface area contributed by atoms with Gasteiger partial charge in [0.2, 0.25) is 0 Å². The Morgan fingerprint density at radius 1 is 0.340 bits per heavy atom. The molecule has 2 aromatic heterocycles. The molecule has 2 heteroatoms. The van der Waals surface area contributed by atoms with Gasteiger partial charge < -0.3 is 0 Å². The number of rotatable bonds is 4. The number of hydrogen-bond donors (Lipinski definition) is 0. The Labute approximate surface area is 313 Å². The molecule has 0 bridgehead atoms. The van der Waals surface area contributed by atoms with Crippen molar-refractivity contribution in [2.75, 3.05) is 0 Å². The second-order valence-corrected chi connectivity index (χ2v) is 16.3. The fourth-order valence-corrected chi connectivity index (χ4v) is 11.2. The summed E-state index contributed by atoms with van der Waals surface area (Å²) in [6, 6.07) is 60.9. The zero-order chi connectivity index (χ0) is 35.0. The zero-order valence-electron chi connectivity index (χ0n) is 29.1. The second kappa shape index (κ2) is 11.9. The van der Waals surface area contributed by atoms with Crippen LogP contribution in [0, 0.1) is 6.92 Å². The van der Waals surface area contributed by atoms with Crippen molar-refractivity contribution < 1.29 is 4.42 Å². The van der Waals surface area contributed by atoms with Crippen molar-refractivity contribution in [2.45, 2.75) is 6.92 Å². The van der Waals surface area contributed by atoms with Crippen LogP contribution in [0.4, 0.5) is 0 Å². The predicted octanol–water partition coefficient (Wildman–Crippen LogP) is 14.2. The van der Waals surface area contributed by atoms with E-state index in [1.165, 1.54) is 101 Å². The van der Waals surface area contributed by atoms with E-state index in [1.807, 2.05) is 12.5 Å². The van der Waals surface area contributed by atoms with Crippen molar-refractivity contribution in [3.8, 4) is 44.5 Å². The van der Waals surface area contributed by atoms with Crippen LogP contribution >= 0.6 is 0 Å². The Kier molecular flexibility index (Phi) is 6.86. The normalized spacial score (nSPS) is 11.9. The first-order valence-electron chi connectivity index (χ1n) is 18.2. The number of fused-ring (bicyclic) bond motifs is 7. The Morgan fingerprint density at radius 2 is 0.792 bits per heavy atom. The Morgan fingerprint density at radius 3 is 1.30 bits per heavy atom. The molecule has 0 aliphatic heterocycles. The first-order chi connectivity index (χ1) is 26.2. The third-order valence-corrected chi connectivity index (χ3v) is 13.5. The third-order valence-electron chi connectivity index (χ3n) is 11.1. The van der Waals surface area contributed by atoms with E-state index in [2.05, 4.69) is 171 Å².